The first-order valence-corrected chi connectivity index (χ1v) is 5.78. The van der Waals surface area contributed by atoms with E-state index in [2.05, 4.69) is 5.32 Å². The minimum atomic E-state index is -0.814. The molecule has 0 saturated heterocycles. The van der Waals surface area contributed by atoms with Crippen molar-refractivity contribution in [1.82, 2.24) is 5.32 Å². The average molecular weight is 251 g/mol. The van der Waals surface area contributed by atoms with Gasteiger partial charge in [-0.1, -0.05) is 12.1 Å². The second-order valence-electron chi connectivity index (χ2n) is 3.81. The predicted octanol–water partition coefficient (Wildman–Crippen LogP) is 1.68. The molecule has 0 aliphatic heterocycles. The maximum absolute atomic E-state index is 11.8. The largest absolute Gasteiger partial charge is 0.496 e. The third kappa shape index (κ3) is 4.45. The Hall–Kier alpha value is -2.04. The number of carboxylic acid groups (broad SMARTS) is 1. The molecule has 5 heteroatoms. The van der Waals surface area contributed by atoms with E-state index in [1.807, 2.05) is 0 Å². The molecule has 5 nitrogen and oxygen atoms in total. The van der Waals surface area contributed by atoms with Gasteiger partial charge in [-0.15, -0.1) is 0 Å². The van der Waals surface area contributed by atoms with Crippen LogP contribution in [0.2, 0.25) is 0 Å². The van der Waals surface area contributed by atoms with Crippen LogP contribution in [0.15, 0.2) is 24.3 Å². The highest BCUT2D eigenvalue weighted by Crippen LogP contribution is 2.16. The van der Waals surface area contributed by atoms with Crippen LogP contribution >= 0.6 is 0 Å². The number of hydrogen-bond acceptors (Lipinski definition) is 3. The van der Waals surface area contributed by atoms with Gasteiger partial charge >= 0.3 is 5.97 Å². The molecule has 0 aliphatic carbocycles. The van der Waals surface area contributed by atoms with E-state index in [4.69, 9.17) is 9.84 Å². The van der Waals surface area contributed by atoms with Crippen LogP contribution in [0.5, 0.6) is 5.75 Å². The van der Waals surface area contributed by atoms with Crippen molar-refractivity contribution in [3.05, 3.63) is 29.8 Å². The maximum atomic E-state index is 11.8. The first-order chi connectivity index (χ1) is 8.65. The van der Waals surface area contributed by atoms with Crippen molar-refractivity contribution >= 4 is 11.9 Å². The molecule has 1 rings (SSSR count). The molecule has 0 heterocycles. The number of amides is 1. The van der Waals surface area contributed by atoms with Crippen LogP contribution in [-0.4, -0.2) is 30.6 Å². The van der Waals surface area contributed by atoms with E-state index in [9.17, 15) is 9.59 Å². The van der Waals surface area contributed by atoms with Crippen molar-refractivity contribution < 1.29 is 19.4 Å². The van der Waals surface area contributed by atoms with Crippen LogP contribution in [0.3, 0.4) is 0 Å². The Labute approximate surface area is 106 Å². The van der Waals surface area contributed by atoms with Crippen LogP contribution < -0.4 is 10.1 Å². The summed E-state index contributed by atoms with van der Waals surface area (Å²) in [7, 11) is 1.51. The quantitative estimate of drug-likeness (QED) is 0.723. The van der Waals surface area contributed by atoms with E-state index < -0.39 is 5.97 Å². The van der Waals surface area contributed by atoms with Crippen molar-refractivity contribution in [3.63, 3.8) is 0 Å². The molecule has 0 atom stereocenters. The smallest absolute Gasteiger partial charge is 0.303 e. The molecule has 0 bridgehead atoms. The van der Waals surface area contributed by atoms with Crippen molar-refractivity contribution in [2.45, 2.75) is 19.3 Å². The molecule has 1 aromatic carbocycles. The van der Waals surface area contributed by atoms with E-state index >= 15 is 0 Å². The minimum absolute atomic E-state index is 0.129. The summed E-state index contributed by atoms with van der Waals surface area (Å²) < 4.78 is 5.09. The van der Waals surface area contributed by atoms with Gasteiger partial charge in [0.1, 0.15) is 5.75 Å². The lowest BCUT2D eigenvalue weighted by Gasteiger charge is -2.08. The van der Waals surface area contributed by atoms with Gasteiger partial charge < -0.3 is 15.2 Å². The molecule has 18 heavy (non-hydrogen) atoms. The monoisotopic (exact) mass is 251 g/mol. The zero-order chi connectivity index (χ0) is 13.4. The van der Waals surface area contributed by atoms with Crippen LogP contribution in [0.25, 0.3) is 0 Å². The topological polar surface area (TPSA) is 75.6 Å². The number of aliphatic carboxylic acids is 1. The molecule has 0 aromatic heterocycles. The number of carbonyl (C=O) groups excluding carboxylic acids is 1. The molecule has 0 fully saturated rings. The highest BCUT2D eigenvalue weighted by molar-refractivity contribution is 5.96. The molecule has 0 radical (unpaired) electrons. The number of ether oxygens (including phenoxy) is 1. The van der Waals surface area contributed by atoms with E-state index in [0.29, 0.717) is 30.7 Å². The number of unbranched alkanes of at least 4 members (excludes halogenated alkanes) is 1. The predicted molar refractivity (Wildman–Crippen MR) is 66.8 cm³/mol. The van der Waals surface area contributed by atoms with E-state index in [-0.39, 0.29) is 12.3 Å². The van der Waals surface area contributed by atoms with Gasteiger partial charge in [-0.2, -0.15) is 0 Å². The SMILES string of the molecule is COc1ccccc1C(=O)NCCCCC(=O)O. The summed E-state index contributed by atoms with van der Waals surface area (Å²) in [5.41, 5.74) is 0.484. The first-order valence-electron chi connectivity index (χ1n) is 5.78. The number of nitrogens with one attached hydrogen (secondary N) is 1. The lowest BCUT2D eigenvalue weighted by atomic mass is 10.2. The van der Waals surface area contributed by atoms with Crippen LogP contribution in [0, 0.1) is 0 Å². The van der Waals surface area contributed by atoms with Gasteiger partial charge in [0.2, 0.25) is 0 Å². The number of carboxylic acids is 1. The van der Waals surface area contributed by atoms with Gasteiger partial charge in [0.15, 0.2) is 0 Å². The lowest BCUT2D eigenvalue weighted by Crippen LogP contribution is -2.25. The fourth-order valence-corrected chi connectivity index (χ4v) is 1.53. The average Bonchev–Trinajstić information content (AvgIpc) is 2.37. The Morgan fingerprint density at radius 2 is 2.00 bits per heavy atom. The Balaban J connectivity index is 2.38. The second kappa shape index (κ2) is 7.32. The van der Waals surface area contributed by atoms with Crippen molar-refractivity contribution in [3.8, 4) is 5.75 Å². The number of benzene rings is 1. The van der Waals surface area contributed by atoms with Gasteiger partial charge in [0.25, 0.3) is 5.91 Å². The second-order valence-corrected chi connectivity index (χ2v) is 3.81. The van der Waals surface area contributed by atoms with Crippen LogP contribution in [-0.2, 0) is 4.79 Å². The zero-order valence-corrected chi connectivity index (χ0v) is 10.3. The Morgan fingerprint density at radius 3 is 2.67 bits per heavy atom. The molecule has 1 aromatic rings. The minimum Gasteiger partial charge on any atom is -0.496 e. The van der Waals surface area contributed by atoms with E-state index in [0.717, 1.165) is 0 Å². The summed E-state index contributed by atoms with van der Waals surface area (Å²) in [4.78, 5) is 22.1. The summed E-state index contributed by atoms with van der Waals surface area (Å²) in [5.74, 6) is -0.491. The lowest BCUT2D eigenvalue weighted by molar-refractivity contribution is -0.137. The molecule has 0 spiro atoms. The number of methoxy groups -OCH3 is 1. The molecular formula is C13H17NO4. The fraction of sp³-hybridized carbons (Fsp3) is 0.385. The molecule has 2 N–H and O–H groups in total. The number of hydrogen-bond donors (Lipinski definition) is 2. The van der Waals surface area contributed by atoms with Gasteiger partial charge in [-0.25, -0.2) is 0 Å². The van der Waals surface area contributed by atoms with Crippen molar-refractivity contribution in [1.29, 1.82) is 0 Å². The Kier molecular flexibility index (Phi) is 5.70. The van der Waals surface area contributed by atoms with Crippen LogP contribution in [0.1, 0.15) is 29.6 Å². The summed E-state index contributed by atoms with van der Waals surface area (Å²) in [6.07, 6.45) is 1.33. The van der Waals surface area contributed by atoms with Gasteiger partial charge in [-0.3, -0.25) is 9.59 Å². The summed E-state index contributed by atoms with van der Waals surface area (Å²) in [6, 6.07) is 6.97. The highest BCUT2D eigenvalue weighted by Gasteiger charge is 2.10. The maximum Gasteiger partial charge on any atom is 0.303 e. The molecular weight excluding hydrogens is 234 g/mol. The molecule has 0 aliphatic rings. The van der Waals surface area contributed by atoms with Gasteiger partial charge in [0, 0.05) is 13.0 Å². The van der Waals surface area contributed by atoms with E-state index in [1.165, 1.54) is 7.11 Å². The fourth-order valence-electron chi connectivity index (χ4n) is 1.53. The Bertz CT molecular complexity index is 417. The molecule has 1 amide bonds. The number of para-hydroxylation sites is 1. The third-order valence-electron chi connectivity index (χ3n) is 2.45. The van der Waals surface area contributed by atoms with Crippen LogP contribution in [0.4, 0.5) is 0 Å². The standard InChI is InChI=1S/C13H17NO4/c1-18-11-7-3-2-6-10(11)13(17)14-9-5-4-8-12(15)16/h2-3,6-7H,4-5,8-9H2,1H3,(H,14,17)(H,15,16). The third-order valence-corrected chi connectivity index (χ3v) is 2.45. The molecule has 98 valence electrons. The Morgan fingerprint density at radius 1 is 1.28 bits per heavy atom. The summed E-state index contributed by atoms with van der Waals surface area (Å²) in [6.45, 7) is 0.462. The van der Waals surface area contributed by atoms with Gasteiger partial charge in [-0.05, 0) is 25.0 Å². The summed E-state index contributed by atoms with van der Waals surface area (Å²) in [5, 5.41) is 11.2. The number of rotatable bonds is 7. The molecule has 0 saturated carbocycles. The highest BCUT2D eigenvalue weighted by atomic mass is 16.5. The molecule has 0 unspecified atom stereocenters. The normalized spacial score (nSPS) is 9.83. The summed E-state index contributed by atoms with van der Waals surface area (Å²) >= 11 is 0. The van der Waals surface area contributed by atoms with Gasteiger partial charge in [0.05, 0.1) is 12.7 Å². The van der Waals surface area contributed by atoms with Crippen molar-refractivity contribution in [2.24, 2.45) is 0 Å². The van der Waals surface area contributed by atoms with E-state index in [1.54, 1.807) is 24.3 Å². The zero-order valence-electron chi connectivity index (χ0n) is 10.3. The van der Waals surface area contributed by atoms with Crippen molar-refractivity contribution in [2.75, 3.05) is 13.7 Å². The number of carbonyl (C=O) groups is 2. The first kappa shape index (κ1) is 14.0.